The van der Waals surface area contributed by atoms with Gasteiger partial charge < -0.3 is 9.72 Å². The molecule has 2 rings (SSSR count). The Morgan fingerprint density at radius 3 is 2.83 bits per heavy atom. The Hall–Kier alpha value is -1.45. The number of sulfonamides is 1. The second kappa shape index (κ2) is 5.04. The quantitative estimate of drug-likeness (QED) is 0.619. The molecule has 0 saturated carbocycles. The van der Waals surface area contributed by atoms with Crippen LogP contribution in [0.1, 0.15) is 12.8 Å². The van der Waals surface area contributed by atoms with Crippen LogP contribution in [0.4, 0.5) is 0 Å². The lowest BCUT2D eigenvalue weighted by molar-refractivity contribution is 0.114. The van der Waals surface area contributed by atoms with Gasteiger partial charge >= 0.3 is 5.69 Å². The zero-order valence-electron chi connectivity index (χ0n) is 9.43. The fraction of sp³-hybridized carbons (Fsp3) is 0.556. The SMILES string of the molecule is O=c1[nH]cc(S(=O)(=O)NCC2CCCO2)c(=O)[nH]1. The van der Waals surface area contributed by atoms with Gasteiger partial charge in [-0.2, -0.15) is 0 Å². The van der Waals surface area contributed by atoms with Gasteiger partial charge in [-0.1, -0.05) is 0 Å². The minimum absolute atomic E-state index is 0.112. The first kappa shape index (κ1) is 13.0. The van der Waals surface area contributed by atoms with E-state index in [2.05, 4.69) is 9.71 Å². The molecule has 0 bridgehead atoms. The van der Waals surface area contributed by atoms with Crippen LogP contribution < -0.4 is 16.0 Å². The van der Waals surface area contributed by atoms with Crippen LogP contribution in [0.15, 0.2) is 20.7 Å². The summed E-state index contributed by atoms with van der Waals surface area (Å²) in [6.45, 7) is 0.729. The van der Waals surface area contributed by atoms with E-state index in [9.17, 15) is 18.0 Å². The molecule has 3 N–H and O–H groups in total. The highest BCUT2D eigenvalue weighted by Gasteiger charge is 2.22. The molecule has 9 heteroatoms. The maximum Gasteiger partial charge on any atom is 0.325 e. The monoisotopic (exact) mass is 275 g/mol. The van der Waals surface area contributed by atoms with Crippen LogP contribution >= 0.6 is 0 Å². The van der Waals surface area contributed by atoms with Gasteiger partial charge in [0.1, 0.15) is 0 Å². The number of H-pyrrole nitrogens is 2. The fourth-order valence-electron chi connectivity index (χ4n) is 1.68. The van der Waals surface area contributed by atoms with Gasteiger partial charge in [-0.15, -0.1) is 0 Å². The number of aromatic amines is 2. The molecule has 100 valence electrons. The molecule has 1 aliphatic heterocycles. The maximum absolute atomic E-state index is 11.8. The summed E-state index contributed by atoms with van der Waals surface area (Å²) in [6, 6.07) is 0. The van der Waals surface area contributed by atoms with E-state index in [0.717, 1.165) is 19.0 Å². The van der Waals surface area contributed by atoms with Gasteiger partial charge in [0.2, 0.25) is 10.0 Å². The van der Waals surface area contributed by atoms with Gasteiger partial charge in [-0.3, -0.25) is 9.78 Å². The molecular formula is C9H13N3O5S. The van der Waals surface area contributed by atoms with E-state index >= 15 is 0 Å². The first-order valence-corrected chi connectivity index (χ1v) is 6.90. The Morgan fingerprint density at radius 2 is 2.22 bits per heavy atom. The Labute approximate surface area is 102 Å². The predicted molar refractivity (Wildman–Crippen MR) is 61.8 cm³/mol. The van der Waals surface area contributed by atoms with E-state index in [1.807, 2.05) is 4.98 Å². The second-order valence-electron chi connectivity index (χ2n) is 3.92. The van der Waals surface area contributed by atoms with Gasteiger partial charge in [0, 0.05) is 19.3 Å². The molecule has 0 spiro atoms. The molecule has 18 heavy (non-hydrogen) atoms. The molecule has 0 amide bonds. The first-order valence-electron chi connectivity index (χ1n) is 5.42. The molecule has 8 nitrogen and oxygen atoms in total. The Morgan fingerprint density at radius 1 is 1.44 bits per heavy atom. The molecule has 1 atom stereocenters. The van der Waals surface area contributed by atoms with Crippen molar-refractivity contribution < 1.29 is 13.2 Å². The number of hydrogen-bond acceptors (Lipinski definition) is 5. The molecule has 0 aliphatic carbocycles. The van der Waals surface area contributed by atoms with Crippen molar-refractivity contribution in [2.75, 3.05) is 13.2 Å². The average molecular weight is 275 g/mol. The van der Waals surface area contributed by atoms with Crippen LogP contribution in [-0.4, -0.2) is 37.6 Å². The normalized spacial score (nSPS) is 20.1. The average Bonchev–Trinajstić information content (AvgIpc) is 2.78. The lowest BCUT2D eigenvalue weighted by Gasteiger charge is -2.10. The second-order valence-corrected chi connectivity index (χ2v) is 5.66. The molecule has 1 unspecified atom stereocenters. The van der Waals surface area contributed by atoms with Gasteiger partial charge in [0.15, 0.2) is 4.90 Å². The van der Waals surface area contributed by atoms with Crippen LogP contribution in [0.5, 0.6) is 0 Å². The lowest BCUT2D eigenvalue weighted by atomic mass is 10.2. The zero-order valence-corrected chi connectivity index (χ0v) is 10.2. The van der Waals surface area contributed by atoms with Crippen molar-refractivity contribution in [1.82, 2.24) is 14.7 Å². The summed E-state index contributed by atoms with van der Waals surface area (Å²) < 4.78 is 31.2. The Kier molecular flexibility index (Phi) is 3.64. The van der Waals surface area contributed by atoms with Crippen LogP contribution in [0.3, 0.4) is 0 Å². The van der Waals surface area contributed by atoms with Crippen molar-refractivity contribution >= 4 is 10.0 Å². The Balaban J connectivity index is 2.14. The van der Waals surface area contributed by atoms with Crippen molar-refractivity contribution in [3.63, 3.8) is 0 Å². The number of ether oxygens (including phenoxy) is 1. The summed E-state index contributed by atoms with van der Waals surface area (Å²) in [7, 11) is -3.94. The van der Waals surface area contributed by atoms with E-state index in [1.54, 1.807) is 0 Å². The van der Waals surface area contributed by atoms with Gasteiger partial charge in [-0.05, 0) is 12.8 Å². The van der Waals surface area contributed by atoms with Gasteiger partial charge in [0.05, 0.1) is 6.10 Å². The van der Waals surface area contributed by atoms with Crippen LogP contribution in [0.2, 0.25) is 0 Å². The van der Waals surface area contributed by atoms with Crippen LogP contribution in [0, 0.1) is 0 Å². The molecule has 0 radical (unpaired) electrons. The number of rotatable bonds is 4. The van der Waals surface area contributed by atoms with E-state index in [4.69, 9.17) is 4.74 Å². The highest BCUT2D eigenvalue weighted by atomic mass is 32.2. The van der Waals surface area contributed by atoms with E-state index < -0.39 is 26.2 Å². The maximum atomic E-state index is 11.8. The van der Waals surface area contributed by atoms with E-state index in [1.165, 1.54) is 0 Å². The largest absolute Gasteiger partial charge is 0.377 e. The predicted octanol–water partition coefficient (Wildman–Crippen LogP) is -1.48. The van der Waals surface area contributed by atoms with Gasteiger partial charge in [-0.25, -0.2) is 17.9 Å². The molecule has 1 aromatic heterocycles. The van der Waals surface area contributed by atoms with Crippen molar-refractivity contribution in [3.05, 3.63) is 27.0 Å². The summed E-state index contributed by atoms with van der Waals surface area (Å²) in [5.74, 6) is 0. The van der Waals surface area contributed by atoms with Crippen LogP contribution in [-0.2, 0) is 14.8 Å². The Bertz CT molecular complexity index is 626. The standard InChI is InChI=1S/C9H13N3O5S/c13-8-7(5-10-9(14)12-8)18(15,16)11-4-6-2-1-3-17-6/h5-6,11H,1-4H2,(H2,10,12,13,14). The van der Waals surface area contributed by atoms with Crippen molar-refractivity contribution in [2.24, 2.45) is 0 Å². The van der Waals surface area contributed by atoms with Gasteiger partial charge in [0.25, 0.3) is 5.56 Å². The zero-order chi connectivity index (χ0) is 13.2. The molecule has 1 aliphatic rings. The molecule has 1 fully saturated rings. The minimum Gasteiger partial charge on any atom is -0.377 e. The number of aromatic nitrogens is 2. The molecule has 1 aromatic rings. The minimum atomic E-state index is -3.94. The van der Waals surface area contributed by atoms with Crippen molar-refractivity contribution in [2.45, 2.75) is 23.8 Å². The van der Waals surface area contributed by atoms with Crippen molar-refractivity contribution in [3.8, 4) is 0 Å². The summed E-state index contributed by atoms with van der Waals surface area (Å²) in [5.41, 5.74) is -1.70. The van der Waals surface area contributed by atoms with E-state index in [0.29, 0.717) is 6.61 Å². The number of hydrogen-bond donors (Lipinski definition) is 3. The van der Waals surface area contributed by atoms with E-state index in [-0.39, 0.29) is 12.6 Å². The summed E-state index contributed by atoms with van der Waals surface area (Å²) in [5, 5.41) is 0. The summed E-state index contributed by atoms with van der Waals surface area (Å²) in [4.78, 5) is 25.6. The topological polar surface area (TPSA) is 121 Å². The first-order chi connectivity index (χ1) is 8.49. The molecular weight excluding hydrogens is 262 g/mol. The van der Waals surface area contributed by atoms with Crippen molar-refractivity contribution in [1.29, 1.82) is 0 Å². The smallest absolute Gasteiger partial charge is 0.325 e. The number of nitrogens with one attached hydrogen (secondary N) is 3. The molecule has 2 heterocycles. The summed E-state index contributed by atoms with van der Waals surface area (Å²) >= 11 is 0. The molecule has 0 aromatic carbocycles. The highest BCUT2D eigenvalue weighted by Crippen LogP contribution is 2.11. The highest BCUT2D eigenvalue weighted by molar-refractivity contribution is 7.89. The molecule has 1 saturated heterocycles. The third-order valence-electron chi connectivity index (χ3n) is 2.60. The third kappa shape index (κ3) is 2.86. The lowest BCUT2D eigenvalue weighted by Crippen LogP contribution is -2.36. The third-order valence-corrected chi connectivity index (χ3v) is 4.03. The summed E-state index contributed by atoms with van der Waals surface area (Å²) in [6.07, 6.45) is 2.39. The fourth-order valence-corrected chi connectivity index (χ4v) is 2.75. The van der Waals surface area contributed by atoms with Crippen LogP contribution in [0.25, 0.3) is 0 Å².